The zero-order valence-electron chi connectivity index (χ0n) is 22.7. The van der Waals surface area contributed by atoms with Gasteiger partial charge in [-0.1, -0.05) is 47.6 Å². The van der Waals surface area contributed by atoms with Gasteiger partial charge in [0.2, 0.25) is 0 Å². The molecule has 0 radical (unpaired) electrons. The highest BCUT2D eigenvalue weighted by Gasteiger charge is 2.50. The van der Waals surface area contributed by atoms with Crippen molar-refractivity contribution in [1.82, 2.24) is 19.7 Å². The van der Waals surface area contributed by atoms with Crippen molar-refractivity contribution < 1.29 is 9.66 Å². The molecule has 1 unspecified atom stereocenters. The number of piperidine rings is 1. The van der Waals surface area contributed by atoms with E-state index < -0.39 is 11.4 Å². The molecule has 2 aliphatic rings. The third-order valence-electron chi connectivity index (χ3n) is 7.68. The van der Waals surface area contributed by atoms with E-state index in [4.69, 9.17) is 27.3 Å². The molecule has 2 aromatic heterocycles. The zero-order chi connectivity index (χ0) is 27.9. The molecule has 39 heavy (non-hydrogen) atoms. The summed E-state index contributed by atoms with van der Waals surface area (Å²) in [6, 6.07) is 10.3. The number of pyridine rings is 1. The van der Waals surface area contributed by atoms with Crippen LogP contribution in [0.3, 0.4) is 0 Å². The lowest BCUT2D eigenvalue weighted by Gasteiger charge is -2.44. The Labute approximate surface area is 242 Å². The van der Waals surface area contributed by atoms with Gasteiger partial charge in [-0.15, -0.1) is 4.72 Å². The summed E-state index contributed by atoms with van der Waals surface area (Å²) in [4.78, 5) is 16.7. The van der Waals surface area contributed by atoms with Gasteiger partial charge in [0.1, 0.15) is 21.3 Å². The van der Waals surface area contributed by atoms with Crippen LogP contribution in [0.4, 0.5) is 11.6 Å². The maximum absolute atomic E-state index is 13.2. The number of aliphatic hydroxyl groups excluding tert-OH is 1. The molecule has 8 nitrogen and oxygen atoms in total. The Bertz CT molecular complexity index is 1360. The van der Waals surface area contributed by atoms with Crippen molar-refractivity contribution in [2.75, 3.05) is 23.7 Å². The Kier molecular flexibility index (Phi) is 8.07. The Morgan fingerprint density at radius 1 is 1.23 bits per heavy atom. The van der Waals surface area contributed by atoms with Crippen molar-refractivity contribution in [2.45, 2.75) is 74.3 Å². The second-order valence-electron chi connectivity index (χ2n) is 11.3. The highest BCUT2D eigenvalue weighted by atomic mass is 35.5. The molecule has 1 saturated heterocycles. The van der Waals surface area contributed by atoms with Crippen LogP contribution in [-0.4, -0.2) is 42.4 Å². The van der Waals surface area contributed by atoms with Gasteiger partial charge in [-0.3, -0.25) is 0 Å². The average Bonchev–Trinajstić information content (AvgIpc) is 3.20. The van der Waals surface area contributed by atoms with Gasteiger partial charge in [0, 0.05) is 41.0 Å². The Morgan fingerprint density at radius 3 is 2.64 bits per heavy atom. The van der Waals surface area contributed by atoms with Gasteiger partial charge in [-0.05, 0) is 64.2 Å². The second kappa shape index (κ2) is 11.1. The van der Waals surface area contributed by atoms with Crippen molar-refractivity contribution >= 4 is 46.4 Å². The molecule has 4 N–H and O–H groups in total. The molecule has 1 fully saturated rings. The van der Waals surface area contributed by atoms with Crippen molar-refractivity contribution in [2.24, 2.45) is 5.41 Å². The minimum atomic E-state index is -1.18. The predicted octanol–water partition coefficient (Wildman–Crippen LogP) is 4.99. The van der Waals surface area contributed by atoms with E-state index in [-0.39, 0.29) is 28.6 Å². The lowest BCUT2D eigenvalue weighted by molar-refractivity contribution is 0.175. The number of aromatic nitrogens is 3. The number of nitrogens with two attached hydrogens (primary N) is 1. The maximum Gasteiger partial charge on any atom is 0.153 e. The lowest BCUT2D eigenvalue weighted by Crippen LogP contribution is -2.50. The fraction of sp³-hybridized carbons (Fsp3) is 0.464. The molecule has 3 aromatic rings. The molecule has 11 heteroatoms. The minimum Gasteiger partial charge on any atom is -0.598 e. The van der Waals surface area contributed by atoms with E-state index in [1.807, 2.05) is 27.7 Å². The monoisotopic (exact) mass is 586 g/mol. The third kappa shape index (κ3) is 5.60. The molecule has 0 amide bonds. The van der Waals surface area contributed by atoms with E-state index in [0.717, 1.165) is 42.9 Å². The molecule has 3 heterocycles. The number of aryl methyl sites for hydroxylation is 1. The summed E-state index contributed by atoms with van der Waals surface area (Å²) >= 11 is 6.53. The number of nitrogens with one attached hydrogen (secondary N) is 1. The van der Waals surface area contributed by atoms with Gasteiger partial charge >= 0.3 is 0 Å². The number of fused-ring (bicyclic) bond motifs is 1. The van der Waals surface area contributed by atoms with Crippen LogP contribution in [0.25, 0.3) is 0 Å². The first kappa shape index (κ1) is 28.4. The normalized spacial score (nSPS) is 19.4. The van der Waals surface area contributed by atoms with Crippen molar-refractivity contribution in [3.8, 4) is 0 Å². The number of hydrogen-bond donors (Lipinski definition) is 3. The first-order valence-corrected chi connectivity index (χ1v) is 15.4. The van der Waals surface area contributed by atoms with E-state index in [1.165, 1.54) is 22.9 Å². The second-order valence-corrected chi connectivity index (χ2v) is 14.7. The van der Waals surface area contributed by atoms with Crippen LogP contribution in [0.1, 0.15) is 62.2 Å². The number of hydrogen-bond acceptors (Lipinski definition) is 9. The molecular weight excluding hydrogens is 552 g/mol. The van der Waals surface area contributed by atoms with E-state index >= 15 is 0 Å². The topological polar surface area (TPSA) is 123 Å². The van der Waals surface area contributed by atoms with Gasteiger partial charge in [-0.2, -0.15) is 0 Å². The summed E-state index contributed by atoms with van der Waals surface area (Å²) in [7, 11) is 0. The predicted molar refractivity (Wildman–Crippen MR) is 158 cm³/mol. The SMILES string of the molecule is Cc1nc(N2CCC3(CC2)Cc2ccccc2[C@H]3N[S+]([O-])C(C)(C)C)c(CO)nc1Sc1ccnc(N)c1Cl. The van der Waals surface area contributed by atoms with E-state index in [1.54, 1.807) is 12.3 Å². The van der Waals surface area contributed by atoms with Gasteiger partial charge < -0.3 is 20.3 Å². The smallest absolute Gasteiger partial charge is 0.153 e. The number of aliphatic hydroxyl groups is 1. The van der Waals surface area contributed by atoms with Crippen LogP contribution < -0.4 is 15.4 Å². The summed E-state index contributed by atoms with van der Waals surface area (Å²) in [5.41, 5.74) is 9.72. The maximum atomic E-state index is 13.2. The number of benzene rings is 1. The summed E-state index contributed by atoms with van der Waals surface area (Å²) < 4.78 is 16.4. The Balaban J connectivity index is 1.38. The molecule has 5 rings (SSSR count). The first-order chi connectivity index (χ1) is 18.5. The Morgan fingerprint density at radius 2 is 1.95 bits per heavy atom. The number of nitrogen functional groups attached to an aromatic ring is 1. The molecule has 1 spiro atoms. The van der Waals surface area contributed by atoms with Gasteiger partial charge in [0.05, 0.1) is 23.4 Å². The van der Waals surface area contributed by atoms with Crippen LogP contribution >= 0.6 is 23.4 Å². The molecule has 208 valence electrons. The number of rotatable bonds is 6. The van der Waals surface area contributed by atoms with Crippen LogP contribution in [-0.2, 0) is 24.4 Å². The van der Waals surface area contributed by atoms with Crippen LogP contribution in [0.2, 0.25) is 5.02 Å². The summed E-state index contributed by atoms with van der Waals surface area (Å²) in [6.45, 7) is 9.25. The zero-order valence-corrected chi connectivity index (χ0v) is 25.1. The standard InChI is InChI=1S/C28H35ClN6O2S2/c1-17-26(38-21-9-12-31-24(30)22(21)29)33-20(16-36)25(32-17)35-13-10-28(11-14-35)15-18-7-5-6-8-19(18)23(28)34-39(37)27(2,3)4/h5-9,12,23,34,36H,10-11,13-16H2,1-4H3,(H2,30,31)/t23-,39?/m1/s1. The number of anilines is 2. The van der Waals surface area contributed by atoms with Crippen molar-refractivity contribution in [3.63, 3.8) is 0 Å². The minimum absolute atomic E-state index is 0.0253. The largest absolute Gasteiger partial charge is 0.598 e. The molecule has 1 aliphatic carbocycles. The van der Waals surface area contributed by atoms with Crippen LogP contribution in [0.5, 0.6) is 0 Å². The molecule has 0 bridgehead atoms. The number of nitrogens with zero attached hydrogens (tertiary/aromatic N) is 4. The molecule has 1 aliphatic heterocycles. The van der Waals surface area contributed by atoms with Gasteiger partial charge in [0.25, 0.3) is 0 Å². The fourth-order valence-corrected chi connectivity index (χ4v) is 7.55. The van der Waals surface area contributed by atoms with E-state index in [2.05, 4.69) is 38.9 Å². The summed E-state index contributed by atoms with van der Waals surface area (Å²) in [5.74, 6) is 0.981. The summed E-state index contributed by atoms with van der Waals surface area (Å²) in [6.07, 6.45) is 4.39. The van der Waals surface area contributed by atoms with E-state index in [0.29, 0.717) is 21.6 Å². The average molecular weight is 587 g/mol. The highest BCUT2D eigenvalue weighted by Crippen LogP contribution is 2.53. The first-order valence-electron chi connectivity index (χ1n) is 13.1. The van der Waals surface area contributed by atoms with Crippen molar-refractivity contribution in [3.05, 3.63) is 64.1 Å². The Hall–Kier alpha value is -2.08. The van der Waals surface area contributed by atoms with Crippen LogP contribution in [0, 0.1) is 12.3 Å². The van der Waals surface area contributed by atoms with E-state index in [9.17, 15) is 9.66 Å². The molecule has 1 aromatic carbocycles. The molecule has 2 atom stereocenters. The molecule has 0 saturated carbocycles. The third-order valence-corrected chi connectivity index (χ3v) is 10.9. The van der Waals surface area contributed by atoms with Gasteiger partial charge in [0.15, 0.2) is 5.82 Å². The lowest BCUT2D eigenvalue weighted by atomic mass is 9.73. The fourth-order valence-electron chi connectivity index (χ4n) is 5.49. The number of halogens is 1. The highest BCUT2D eigenvalue weighted by molar-refractivity contribution is 7.99. The quantitative estimate of drug-likeness (QED) is 0.342. The van der Waals surface area contributed by atoms with Gasteiger partial charge in [-0.25, -0.2) is 15.0 Å². The van der Waals surface area contributed by atoms with Crippen LogP contribution in [0.15, 0.2) is 46.5 Å². The van der Waals surface area contributed by atoms with Crippen molar-refractivity contribution in [1.29, 1.82) is 0 Å². The molecular formula is C28H35ClN6O2S2. The summed E-state index contributed by atoms with van der Waals surface area (Å²) in [5, 5.41) is 11.3.